The molecular weight excluding hydrogens is 494 g/mol. The molecule has 5 nitrogen and oxygen atoms in total. The molecule has 2 aliphatic carbocycles. The number of halogens is 2. The first-order valence-electron chi connectivity index (χ1n) is 10.9. The van der Waals surface area contributed by atoms with Crippen molar-refractivity contribution in [2.45, 2.75) is 52.5 Å². The van der Waals surface area contributed by atoms with E-state index in [1.165, 1.54) is 12.5 Å². The molecule has 172 valence electrons. The molecule has 2 aromatic rings. The Morgan fingerprint density at radius 1 is 1.31 bits per heavy atom. The quantitative estimate of drug-likeness (QED) is 0.378. The predicted octanol–water partition coefficient (Wildman–Crippen LogP) is 7.06. The SMILES string of the molecule is COc1c(Cl)cc(Br)cc1CNc1ccc(C(=O)O)c(O)c1C1CC2CCC1(C)C2(C)C. The Morgan fingerprint density at radius 3 is 2.59 bits per heavy atom. The van der Waals surface area contributed by atoms with Crippen LogP contribution in [0.5, 0.6) is 11.5 Å². The zero-order valence-electron chi connectivity index (χ0n) is 18.8. The maximum absolute atomic E-state index is 11.8. The first-order chi connectivity index (χ1) is 15.0. The van der Waals surface area contributed by atoms with E-state index in [2.05, 4.69) is 42.0 Å². The fourth-order valence-electron chi connectivity index (χ4n) is 6.09. The molecule has 2 aliphatic rings. The Bertz CT molecular complexity index is 1090. The number of anilines is 1. The van der Waals surface area contributed by atoms with Crippen LogP contribution in [0.1, 0.15) is 67.4 Å². The fourth-order valence-corrected chi connectivity index (χ4v) is 7.04. The van der Waals surface area contributed by atoms with Gasteiger partial charge < -0.3 is 20.3 Å². The van der Waals surface area contributed by atoms with Gasteiger partial charge in [-0.25, -0.2) is 4.79 Å². The highest BCUT2D eigenvalue weighted by Crippen LogP contribution is 2.72. The van der Waals surface area contributed by atoms with Gasteiger partial charge >= 0.3 is 5.97 Å². The number of nitrogens with one attached hydrogen (secondary N) is 1. The maximum atomic E-state index is 11.8. The Labute approximate surface area is 202 Å². The molecule has 0 heterocycles. The van der Waals surface area contributed by atoms with Crippen LogP contribution in [0.3, 0.4) is 0 Å². The number of hydrogen-bond donors (Lipinski definition) is 3. The van der Waals surface area contributed by atoms with Crippen molar-refractivity contribution in [2.24, 2.45) is 16.7 Å². The topological polar surface area (TPSA) is 78.8 Å². The molecule has 32 heavy (non-hydrogen) atoms. The molecule has 0 saturated heterocycles. The second kappa shape index (κ2) is 8.14. The van der Waals surface area contributed by atoms with E-state index >= 15 is 0 Å². The van der Waals surface area contributed by atoms with E-state index in [0.29, 0.717) is 28.8 Å². The van der Waals surface area contributed by atoms with Crippen LogP contribution in [0.25, 0.3) is 0 Å². The number of aromatic hydroxyl groups is 1. The van der Waals surface area contributed by atoms with Gasteiger partial charge in [-0.15, -0.1) is 0 Å². The van der Waals surface area contributed by atoms with Crippen LogP contribution in [0.2, 0.25) is 5.02 Å². The van der Waals surface area contributed by atoms with E-state index in [9.17, 15) is 15.0 Å². The van der Waals surface area contributed by atoms with Crippen LogP contribution >= 0.6 is 27.5 Å². The number of methoxy groups -OCH3 is 1. The lowest BCUT2D eigenvalue weighted by atomic mass is 9.64. The van der Waals surface area contributed by atoms with Crippen molar-refractivity contribution in [1.29, 1.82) is 0 Å². The van der Waals surface area contributed by atoms with E-state index in [0.717, 1.165) is 28.6 Å². The molecule has 7 heteroatoms. The molecule has 4 rings (SSSR count). The first-order valence-corrected chi connectivity index (χ1v) is 12.0. The molecule has 2 fully saturated rings. The molecule has 0 amide bonds. The molecular formula is C25H29BrClNO4. The van der Waals surface area contributed by atoms with Crippen LogP contribution in [-0.4, -0.2) is 23.3 Å². The number of hydrogen-bond acceptors (Lipinski definition) is 4. The highest BCUT2D eigenvalue weighted by atomic mass is 79.9. The molecule has 0 aliphatic heterocycles. The van der Waals surface area contributed by atoms with Crippen molar-refractivity contribution in [3.05, 3.63) is 50.5 Å². The van der Waals surface area contributed by atoms with Crippen molar-refractivity contribution in [3.8, 4) is 11.5 Å². The normalized spacial score (nSPS) is 25.7. The lowest BCUT2D eigenvalue weighted by molar-refractivity contribution is 0.0693. The number of carbonyl (C=O) groups is 1. The number of carboxylic acid groups (broad SMARTS) is 1. The Kier molecular flexibility index (Phi) is 5.91. The van der Waals surface area contributed by atoms with Crippen LogP contribution < -0.4 is 10.1 Å². The van der Waals surface area contributed by atoms with Gasteiger partial charge in [-0.2, -0.15) is 0 Å². The van der Waals surface area contributed by atoms with Gasteiger partial charge in [-0.3, -0.25) is 0 Å². The molecule has 3 N–H and O–H groups in total. The third-order valence-electron chi connectivity index (χ3n) is 8.35. The summed E-state index contributed by atoms with van der Waals surface area (Å²) in [5.74, 6) is -0.0313. The van der Waals surface area contributed by atoms with Gasteiger partial charge in [-0.1, -0.05) is 48.3 Å². The number of phenols is 1. The first kappa shape index (κ1) is 23.2. The third-order valence-corrected chi connectivity index (χ3v) is 9.09. The number of fused-ring (bicyclic) bond motifs is 2. The average molecular weight is 523 g/mol. The van der Waals surface area contributed by atoms with Crippen molar-refractivity contribution in [3.63, 3.8) is 0 Å². The summed E-state index contributed by atoms with van der Waals surface area (Å²) in [7, 11) is 1.58. The van der Waals surface area contributed by atoms with E-state index < -0.39 is 5.97 Å². The Morgan fingerprint density at radius 2 is 2.03 bits per heavy atom. The highest BCUT2D eigenvalue weighted by molar-refractivity contribution is 9.10. The molecule has 2 aromatic carbocycles. The standard InChI is InChI=1S/C25H29BrClNO4/c1-24(2)14-7-8-25(24,3)17(10-14)20-19(6-5-16(21(20)29)23(30)31)28-12-13-9-15(26)11-18(27)22(13)32-4/h5-6,9,11,14,17,28-29H,7-8,10,12H2,1-4H3,(H,30,31). The summed E-state index contributed by atoms with van der Waals surface area (Å²) in [5, 5.41) is 24.7. The molecule has 2 bridgehead atoms. The van der Waals surface area contributed by atoms with Crippen molar-refractivity contribution in [2.75, 3.05) is 12.4 Å². The lowest BCUT2D eigenvalue weighted by Crippen LogP contribution is -2.31. The number of ether oxygens (including phenoxy) is 1. The zero-order chi connectivity index (χ0) is 23.4. The van der Waals surface area contributed by atoms with Gasteiger partial charge in [0.2, 0.25) is 0 Å². The predicted molar refractivity (Wildman–Crippen MR) is 130 cm³/mol. The summed E-state index contributed by atoms with van der Waals surface area (Å²) in [6, 6.07) is 6.95. The van der Waals surface area contributed by atoms with Gasteiger partial charge in [0.1, 0.15) is 17.1 Å². The smallest absolute Gasteiger partial charge is 0.339 e. The van der Waals surface area contributed by atoms with Crippen LogP contribution in [0.15, 0.2) is 28.7 Å². The number of rotatable bonds is 6. The van der Waals surface area contributed by atoms with Gasteiger partial charge in [-0.05, 0) is 66.2 Å². The van der Waals surface area contributed by atoms with E-state index in [-0.39, 0.29) is 28.1 Å². The molecule has 3 atom stereocenters. The minimum absolute atomic E-state index is 0.0144. The second-order valence-corrected chi connectivity index (χ2v) is 11.1. The number of benzene rings is 2. The molecule has 3 unspecified atom stereocenters. The molecule has 0 aromatic heterocycles. The summed E-state index contributed by atoms with van der Waals surface area (Å²) < 4.78 is 6.33. The van der Waals surface area contributed by atoms with Crippen LogP contribution in [-0.2, 0) is 6.54 Å². The molecule has 0 radical (unpaired) electrons. The summed E-state index contributed by atoms with van der Waals surface area (Å²) >= 11 is 9.81. The second-order valence-electron chi connectivity index (χ2n) is 9.82. The monoisotopic (exact) mass is 521 g/mol. The van der Waals surface area contributed by atoms with E-state index in [4.69, 9.17) is 16.3 Å². The van der Waals surface area contributed by atoms with Crippen LogP contribution in [0.4, 0.5) is 5.69 Å². The van der Waals surface area contributed by atoms with Gasteiger partial charge in [0.05, 0.1) is 12.1 Å². The minimum Gasteiger partial charge on any atom is -0.507 e. The largest absolute Gasteiger partial charge is 0.507 e. The fraction of sp³-hybridized carbons (Fsp3) is 0.480. The van der Waals surface area contributed by atoms with Crippen molar-refractivity contribution >= 4 is 39.2 Å². The Balaban J connectivity index is 1.77. The van der Waals surface area contributed by atoms with Crippen molar-refractivity contribution < 1.29 is 19.7 Å². The van der Waals surface area contributed by atoms with Crippen molar-refractivity contribution in [1.82, 2.24) is 0 Å². The van der Waals surface area contributed by atoms with Gasteiger partial charge in [0.15, 0.2) is 0 Å². The summed E-state index contributed by atoms with van der Waals surface area (Å²) in [6.07, 6.45) is 3.19. The van der Waals surface area contributed by atoms with E-state index in [1.54, 1.807) is 19.2 Å². The lowest BCUT2D eigenvalue weighted by Gasteiger charge is -2.40. The summed E-state index contributed by atoms with van der Waals surface area (Å²) in [6.45, 7) is 7.32. The Hall–Kier alpha value is -1.92. The zero-order valence-corrected chi connectivity index (χ0v) is 21.1. The third kappa shape index (κ3) is 3.47. The van der Waals surface area contributed by atoms with Gasteiger partial charge in [0, 0.05) is 27.8 Å². The minimum atomic E-state index is -1.12. The average Bonchev–Trinajstić information content (AvgIpc) is 3.05. The number of carboxylic acids is 1. The van der Waals surface area contributed by atoms with E-state index in [1.807, 2.05) is 6.07 Å². The summed E-state index contributed by atoms with van der Waals surface area (Å²) in [5.41, 5.74) is 2.38. The highest BCUT2D eigenvalue weighted by Gasteiger charge is 2.62. The van der Waals surface area contributed by atoms with Gasteiger partial charge in [0.25, 0.3) is 0 Å². The number of aromatic carboxylic acids is 1. The maximum Gasteiger partial charge on any atom is 0.339 e. The molecule has 0 spiro atoms. The molecule has 2 saturated carbocycles. The van der Waals surface area contributed by atoms with Crippen LogP contribution in [0, 0.1) is 16.7 Å². The summed E-state index contributed by atoms with van der Waals surface area (Å²) in [4.78, 5) is 11.8.